The Morgan fingerprint density at radius 2 is 1.83 bits per heavy atom. The molecule has 2 aromatic carbocycles. The summed E-state index contributed by atoms with van der Waals surface area (Å²) in [5.74, 6) is 0.125. The van der Waals surface area contributed by atoms with E-state index in [9.17, 15) is 4.79 Å². The lowest BCUT2D eigenvalue weighted by Crippen LogP contribution is -2.29. The van der Waals surface area contributed by atoms with Crippen LogP contribution in [0.15, 0.2) is 73.4 Å². The standard InChI is InChI=1S/C20H20N2O/c1-2-12-22(14-16-8-4-3-5-9-16)15-20(23)18-13-21-19-11-7-6-10-17(18)19/h2-11,13,21H,1,12,14-15H2. The van der Waals surface area contributed by atoms with Crippen molar-refractivity contribution in [2.75, 3.05) is 13.1 Å². The fourth-order valence-electron chi connectivity index (χ4n) is 2.80. The van der Waals surface area contributed by atoms with Crippen molar-refractivity contribution in [3.8, 4) is 0 Å². The summed E-state index contributed by atoms with van der Waals surface area (Å²) in [6.07, 6.45) is 3.65. The number of benzene rings is 2. The molecule has 0 aliphatic rings. The van der Waals surface area contributed by atoms with E-state index < -0.39 is 0 Å². The van der Waals surface area contributed by atoms with E-state index in [-0.39, 0.29) is 5.78 Å². The second-order valence-corrected chi connectivity index (χ2v) is 5.62. The molecule has 0 aliphatic carbocycles. The lowest BCUT2D eigenvalue weighted by molar-refractivity contribution is 0.0936. The van der Waals surface area contributed by atoms with Crippen LogP contribution in [0.25, 0.3) is 10.9 Å². The molecule has 1 aromatic heterocycles. The van der Waals surface area contributed by atoms with Crippen molar-refractivity contribution < 1.29 is 4.79 Å². The van der Waals surface area contributed by atoms with Gasteiger partial charge in [-0.2, -0.15) is 0 Å². The van der Waals surface area contributed by atoms with Gasteiger partial charge in [0.15, 0.2) is 5.78 Å². The number of aromatic amines is 1. The third kappa shape index (κ3) is 3.58. The molecule has 0 spiro atoms. The van der Waals surface area contributed by atoms with E-state index >= 15 is 0 Å². The highest BCUT2D eigenvalue weighted by atomic mass is 16.1. The summed E-state index contributed by atoms with van der Waals surface area (Å²) in [6, 6.07) is 18.1. The van der Waals surface area contributed by atoms with Gasteiger partial charge in [-0.05, 0) is 11.6 Å². The maximum absolute atomic E-state index is 12.7. The van der Waals surface area contributed by atoms with Crippen LogP contribution in [0.1, 0.15) is 15.9 Å². The zero-order valence-corrected chi connectivity index (χ0v) is 13.0. The second-order valence-electron chi connectivity index (χ2n) is 5.62. The maximum Gasteiger partial charge on any atom is 0.178 e. The number of H-pyrrole nitrogens is 1. The topological polar surface area (TPSA) is 36.1 Å². The van der Waals surface area contributed by atoms with Gasteiger partial charge in [-0.15, -0.1) is 6.58 Å². The molecular weight excluding hydrogens is 284 g/mol. The lowest BCUT2D eigenvalue weighted by atomic mass is 10.1. The summed E-state index contributed by atoms with van der Waals surface area (Å²) in [6.45, 7) is 5.60. The summed E-state index contributed by atoms with van der Waals surface area (Å²) in [4.78, 5) is 18.0. The fraction of sp³-hybridized carbons (Fsp3) is 0.150. The molecule has 3 aromatic rings. The van der Waals surface area contributed by atoms with E-state index in [1.54, 1.807) is 0 Å². The quantitative estimate of drug-likeness (QED) is 0.528. The molecular formula is C20H20N2O. The Morgan fingerprint density at radius 3 is 2.61 bits per heavy atom. The highest BCUT2D eigenvalue weighted by Gasteiger charge is 2.15. The minimum atomic E-state index is 0.125. The molecule has 0 unspecified atom stereocenters. The first kappa shape index (κ1) is 15.3. The first-order chi connectivity index (χ1) is 11.3. The molecule has 0 fully saturated rings. The zero-order valence-electron chi connectivity index (χ0n) is 13.0. The minimum absolute atomic E-state index is 0.125. The molecule has 116 valence electrons. The number of nitrogens with zero attached hydrogens (tertiary/aromatic N) is 1. The van der Waals surface area contributed by atoms with Crippen LogP contribution < -0.4 is 0 Å². The monoisotopic (exact) mass is 304 g/mol. The molecule has 1 N–H and O–H groups in total. The maximum atomic E-state index is 12.7. The highest BCUT2D eigenvalue weighted by Crippen LogP contribution is 2.18. The van der Waals surface area contributed by atoms with Gasteiger partial charge in [-0.25, -0.2) is 0 Å². The highest BCUT2D eigenvalue weighted by molar-refractivity contribution is 6.08. The van der Waals surface area contributed by atoms with Gasteiger partial charge in [-0.1, -0.05) is 54.6 Å². The van der Waals surface area contributed by atoms with Crippen LogP contribution in [0.4, 0.5) is 0 Å². The van der Waals surface area contributed by atoms with Gasteiger partial charge >= 0.3 is 0 Å². The van der Waals surface area contributed by atoms with Crippen molar-refractivity contribution >= 4 is 16.7 Å². The molecule has 3 nitrogen and oxygen atoms in total. The van der Waals surface area contributed by atoms with E-state index in [0.29, 0.717) is 13.1 Å². The predicted octanol–water partition coefficient (Wildman–Crippen LogP) is 4.04. The largest absolute Gasteiger partial charge is 0.360 e. The Balaban J connectivity index is 1.77. The molecule has 3 rings (SSSR count). The van der Waals surface area contributed by atoms with Crippen LogP contribution in [0.2, 0.25) is 0 Å². The number of carbonyl (C=O) groups is 1. The van der Waals surface area contributed by atoms with Crippen molar-refractivity contribution in [1.82, 2.24) is 9.88 Å². The van der Waals surface area contributed by atoms with Crippen LogP contribution in [0.5, 0.6) is 0 Å². The Hall–Kier alpha value is -2.65. The number of hydrogen-bond acceptors (Lipinski definition) is 2. The summed E-state index contributed by atoms with van der Waals surface area (Å²) < 4.78 is 0. The number of carbonyl (C=O) groups excluding carboxylic acids is 1. The normalized spacial score (nSPS) is 11.0. The van der Waals surface area contributed by atoms with Crippen molar-refractivity contribution in [3.05, 3.63) is 84.6 Å². The Labute approximate surface area is 136 Å². The fourth-order valence-corrected chi connectivity index (χ4v) is 2.80. The molecule has 1 heterocycles. The lowest BCUT2D eigenvalue weighted by Gasteiger charge is -2.19. The molecule has 0 amide bonds. The Morgan fingerprint density at radius 1 is 1.09 bits per heavy atom. The first-order valence-electron chi connectivity index (χ1n) is 7.74. The van der Waals surface area contributed by atoms with E-state index in [0.717, 1.165) is 23.0 Å². The summed E-state index contributed by atoms with van der Waals surface area (Å²) >= 11 is 0. The molecule has 0 bridgehead atoms. The van der Waals surface area contributed by atoms with Crippen LogP contribution in [0, 0.1) is 0 Å². The number of para-hydroxylation sites is 1. The van der Waals surface area contributed by atoms with Gasteiger partial charge in [0, 0.05) is 35.8 Å². The number of hydrogen-bond donors (Lipinski definition) is 1. The third-order valence-electron chi connectivity index (χ3n) is 3.89. The molecule has 0 radical (unpaired) electrons. The molecule has 0 saturated heterocycles. The van der Waals surface area contributed by atoms with Crippen LogP contribution >= 0.6 is 0 Å². The average Bonchev–Trinajstić information content (AvgIpc) is 3.00. The number of rotatable bonds is 7. The number of Topliss-reactive ketones (excluding diaryl/α,β-unsaturated/α-hetero) is 1. The minimum Gasteiger partial charge on any atom is -0.360 e. The molecule has 0 atom stereocenters. The Bertz CT molecular complexity index is 805. The van der Waals surface area contributed by atoms with Gasteiger partial charge in [-0.3, -0.25) is 9.69 Å². The van der Waals surface area contributed by atoms with Crippen molar-refractivity contribution in [1.29, 1.82) is 0 Å². The van der Waals surface area contributed by atoms with E-state index in [4.69, 9.17) is 0 Å². The van der Waals surface area contributed by atoms with Crippen LogP contribution in [-0.4, -0.2) is 28.8 Å². The van der Waals surface area contributed by atoms with Gasteiger partial charge in [0.25, 0.3) is 0 Å². The van der Waals surface area contributed by atoms with E-state index in [1.165, 1.54) is 5.56 Å². The van der Waals surface area contributed by atoms with Crippen LogP contribution in [-0.2, 0) is 6.54 Å². The summed E-state index contributed by atoms with van der Waals surface area (Å²) in [5.41, 5.74) is 2.94. The van der Waals surface area contributed by atoms with E-state index in [2.05, 4.69) is 28.6 Å². The number of nitrogens with one attached hydrogen (secondary N) is 1. The number of aromatic nitrogens is 1. The summed E-state index contributed by atoms with van der Waals surface area (Å²) in [7, 11) is 0. The van der Waals surface area contributed by atoms with Gasteiger partial charge < -0.3 is 4.98 Å². The van der Waals surface area contributed by atoms with Crippen molar-refractivity contribution in [3.63, 3.8) is 0 Å². The number of ketones is 1. The van der Waals surface area contributed by atoms with Gasteiger partial charge in [0.05, 0.1) is 6.54 Å². The molecule has 0 aliphatic heterocycles. The number of fused-ring (bicyclic) bond motifs is 1. The molecule has 0 saturated carbocycles. The Kier molecular flexibility index (Phi) is 4.69. The molecule has 3 heteroatoms. The van der Waals surface area contributed by atoms with Crippen molar-refractivity contribution in [2.45, 2.75) is 6.54 Å². The SMILES string of the molecule is C=CCN(CC(=O)c1c[nH]c2ccccc12)Cc1ccccc1. The first-order valence-corrected chi connectivity index (χ1v) is 7.74. The summed E-state index contributed by atoms with van der Waals surface area (Å²) in [5, 5.41) is 0.982. The zero-order chi connectivity index (χ0) is 16.1. The second kappa shape index (κ2) is 7.07. The van der Waals surface area contributed by atoms with Crippen molar-refractivity contribution in [2.24, 2.45) is 0 Å². The van der Waals surface area contributed by atoms with Gasteiger partial charge in [0.2, 0.25) is 0 Å². The van der Waals surface area contributed by atoms with Gasteiger partial charge in [0.1, 0.15) is 0 Å². The molecule has 23 heavy (non-hydrogen) atoms. The third-order valence-corrected chi connectivity index (χ3v) is 3.89. The van der Waals surface area contributed by atoms with Crippen LogP contribution in [0.3, 0.4) is 0 Å². The van der Waals surface area contributed by atoms with E-state index in [1.807, 2.05) is 54.7 Å². The predicted molar refractivity (Wildman–Crippen MR) is 94.5 cm³/mol. The average molecular weight is 304 g/mol. The smallest absolute Gasteiger partial charge is 0.178 e.